The van der Waals surface area contributed by atoms with Crippen LogP contribution in [0.3, 0.4) is 0 Å². The fourth-order valence-electron chi connectivity index (χ4n) is 2.50. The number of nitrogens with zero attached hydrogens (tertiary/aromatic N) is 1. The number of carbonyl (C=O) groups excluding carboxylic acids is 1. The number of rotatable bonds is 7. The number of halogens is 1. The van der Waals surface area contributed by atoms with Gasteiger partial charge in [-0.2, -0.15) is 0 Å². The minimum atomic E-state index is -3.50. The van der Waals surface area contributed by atoms with Gasteiger partial charge in [0.2, 0.25) is 15.9 Å². The van der Waals surface area contributed by atoms with Crippen LogP contribution in [0.15, 0.2) is 48.5 Å². The summed E-state index contributed by atoms with van der Waals surface area (Å²) in [6.45, 7) is 2.02. The number of aryl methyl sites for hydroxylation is 1. The van der Waals surface area contributed by atoms with Crippen LogP contribution in [0.4, 0.5) is 11.4 Å². The third-order valence-corrected chi connectivity index (χ3v) is 5.24. The van der Waals surface area contributed by atoms with Crippen LogP contribution >= 0.6 is 11.6 Å². The molecule has 2 aromatic carbocycles. The number of benzene rings is 2. The Balaban J connectivity index is 2.14. The zero-order chi connectivity index (χ0) is 18.4. The van der Waals surface area contributed by atoms with Gasteiger partial charge in [-0.1, -0.05) is 48.9 Å². The summed E-state index contributed by atoms with van der Waals surface area (Å²) in [6.07, 6.45) is 1.87. The predicted molar refractivity (Wildman–Crippen MR) is 103 cm³/mol. The van der Waals surface area contributed by atoms with Crippen molar-refractivity contribution in [2.45, 2.75) is 19.8 Å². The van der Waals surface area contributed by atoms with Crippen LogP contribution in [0, 0.1) is 0 Å². The van der Waals surface area contributed by atoms with Crippen molar-refractivity contribution in [1.29, 1.82) is 0 Å². The van der Waals surface area contributed by atoms with Crippen molar-refractivity contribution in [1.82, 2.24) is 0 Å². The molecule has 2 aromatic rings. The van der Waals surface area contributed by atoms with E-state index < -0.39 is 10.0 Å². The highest BCUT2D eigenvalue weighted by Gasteiger charge is 2.20. The maximum Gasteiger partial charge on any atom is 0.232 e. The molecule has 0 aliphatic rings. The van der Waals surface area contributed by atoms with Crippen LogP contribution in [0.5, 0.6) is 0 Å². The summed E-state index contributed by atoms with van der Waals surface area (Å²) in [6, 6.07) is 14.2. The molecule has 0 spiro atoms. The third-order valence-electron chi connectivity index (χ3n) is 3.73. The predicted octanol–water partition coefficient (Wildman–Crippen LogP) is 3.70. The zero-order valence-electron chi connectivity index (χ0n) is 14.2. The van der Waals surface area contributed by atoms with E-state index in [1.54, 1.807) is 36.4 Å². The van der Waals surface area contributed by atoms with Gasteiger partial charge >= 0.3 is 0 Å². The number of para-hydroxylation sites is 2. The van der Waals surface area contributed by atoms with Gasteiger partial charge in [0, 0.05) is 13.0 Å². The molecule has 0 heterocycles. The topological polar surface area (TPSA) is 66.5 Å². The maximum absolute atomic E-state index is 12.2. The highest BCUT2D eigenvalue weighted by molar-refractivity contribution is 7.92. The van der Waals surface area contributed by atoms with Gasteiger partial charge < -0.3 is 5.32 Å². The first-order valence-corrected chi connectivity index (χ1v) is 10.2. The zero-order valence-corrected chi connectivity index (χ0v) is 15.8. The van der Waals surface area contributed by atoms with Gasteiger partial charge in [0.15, 0.2) is 0 Å². The molecule has 25 heavy (non-hydrogen) atoms. The number of anilines is 2. The Bertz CT molecular complexity index is 853. The highest BCUT2D eigenvalue weighted by atomic mass is 35.5. The number of sulfonamides is 1. The summed E-state index contributed by atoms with van der Waals surface area (Å²) in [5.74, 6) is -0.296. The van der Waals surface area contributed by atoms with Crippen LogP contribution in [-0.2, 0) is 21.2 Å². The highest BCUT2D eigenvalue weighted by Crippen LogP contribution is 2.24. The van der Waals surface area contributed by atoms with E-state index in [1.165, 1.54) is 4.31 Å². The molecule has 1 amide bonds. The average molecular weight is 381 g/mol. The second-order valence-electron chi connectivity index (χ2n) is 5.60. The number of carbonyl (C=O) groups is 1. The van der Waals surface area contributed by atoms with Crippen LogP contribution in [0.2, 0.25) is 5.02 Å². The third kappa shape index (κ3) is 5.21. The molecule has 0 fully saturated rings. The van der Waals surface area contributed by atoms with Gasteiger partial charge in [-0.25, -0.2) is 8.42 Å². The van der Waals surface area contributed by atoms with E-state index in [0.29, 0.717) is 22.8 Å². The molecular formula is C18H21ClN2O3S. The molecule has 0 atom stereocenters. The Morgan fingerprint density at radius 1 is 1.12 bits per heavy atom. The number of hydrogen-bond donors (Lipinski definition) is 1. The van der Waals surface area contributed by atoms with Crippen molar-refractivity contribution < 1.29 is 13.2 Å². The van der Waals surface area contributed by atoms with Crippen molar-refractivity contribution in [3.8, 4) is 0 Å². The minimum absolute atomic E-state index is 0.0241. The molecular weight excluding hydrogens is 360 g/mol. The molecule has 7 heteroatoms. The van der Waals surface area contributed by atoms with Crippen molar-refractivity contribution in [2.24, 2.45) is 0 Å². The second-order valence-corrected chi connectivity index (χ2v) is 7.91. The first kappa shape index (κ1) is 19.3. The average Bonchev–Trinajstić information content (AvgIpc) is 2.56. The quantitative estimate of drug-likeness (QED) is 0.796. The van der Waals surface area contributed by atoms with E-state index >= 15 is 0 Å². The Morgan fingerprint density at radius 2 is 1.76 bits per heavy atom. The SMILES string of the molecule is CCc1ccccc1N(CCC(=O)Nc1ccccc1Cl)S(C)(=O)=O. The fraction of sp³-hybridized carbons (Fsp3) is 0.278. The molecule has 0 saturated carbocycles. The van der Waals surface area contributed by atoms with Gasteiger partial charge in [0.05, 0.1) is 22.7 Å². The van der Waals surface area contributed by atoms with Crippen molar-refractivity contribution >= 4 is 38.9 Å². The molecule has 0 aliphatic carbocycles. The maximum atomic E-state index is 12.2. The molecule has 0 radical (unpaired) electrons. The lowest BCUT2D eigenvalue weighted by molar-refractivity contribution is -0.116. The summed E-state index contributed by atoms with van der Waals surface area (Å²) in [7, 11) is -3.50. The first-order chi connectivity index (χ1) is 11.8. The summed E-state index contributed by atoms with van der Waals surface area (Å²) in [5.41, 5.74) is 2.03. The van der Waals surface area contributed by atoms with Crippen molar-refractivity contribution in [2.75, 3.05) is 22.4 Å². The summed E-state index contributed by atoms with van der Waals surface area (Å²) in [4.78, 5) is 12.2. The largest absolute Gasteiger partial charge is 0.325 e. The number of hydrogen-bond acceptors (Lipinski definition) is 3. The lowest BCUT2D eigenvalue weighted by Gasteiger charge is -2.24. The Labute approximate surface area is 153 Å². The van der Waals surface area contributed by atoms with Gasteiger partial charge in [-0.15, -0.1) is 0 Å². The van der Waals surface area contributed by atoms with E-state index in [0.717, 1.165) is 11.8 Å². The van der Waals surface area contributed by atoms with Crippen molar-refractivity contribution in [3.63, 3.8) is 0 Å². The van der Waals surface area contributed by atoms with E-state index in [-0.39, 0.29) is 18.9 Å². The fourth-order valence-corrected chi connectivity index (χ4v) is 3.64. The van der Waals surface area contributed by atoms with Crippen LogP contribution < -0.4 is 9.62 Å². The van der Waals surface area contributed by atoms with E-state index in [4.69, 9.17) is 11.6 Å². The van der Waals surface area contributed by atoms with Gasteiger partial charge in [0.1, 0.15) is 0 Å². The first-order valence-electron chi connectivity index (χ1n) is 7.93. The lowest BCUT2D eigenvalue weighted by atomic mass is 10.1. The molecule has 0 unspecified atom stereocenters. The van der Waals surface area contributed by atoms with Crippen molar-refractivity contribution in [3.05, 3.63) is 59.1 Å². The smallest absolute Gasteiger partial charge is 0.232 e. The molecule has 2 rings (SSSR count). The lowest BCUT2D eigenvalue weighted by Crippen LogP contribution is -2.33. The van der Waals surface area contributed by atoms with Gasteiger partial charge in [-0.3, -0.25) is 9.10 Å². The van der Waals surface area contributed by atoms with Crippen LogP contribution in [0.1, 0.15) is 18.9 Å². The summed E-state index contributed by atoms with van der Waals surface area (Å²) in [5, 5.41) is 3.14. The summed E-state index contributed by atoms with van der Waals surface area (Å²) < 4.78 is 25.7. The Kier molecular flexibility index (Phi) is 6.45. The van der Waals surface area contributed by atoms with E-state index in [9.17, 15) is 13.2 Å². The molecule has 5 nitrogen and oxygen atoms in total. The molecule has 0 aromatic heterocycles. The Morgan fingerprint density at radius 3 is 2.40 bits per heavy atom. The molecule has 0 saturated heterocycles. The van der Waals surface area contributed by atoms with E-state index in [1.807, 2.05) is 19.1 Å². The van der Waals surface area contributed by atoms with E-state index in [2.05, 4.69) is 5.32 Å². The standard InChI is InChI=1S/C18H21ClN2O3S/c1-3-14-8-4-7-11-17(14)21(25(2,23)24)13-12-18(22)20-16-10-6-5-9-15(16)19/h4-11H,3,12-13H2,1-2H3,(H,20,22). The molecule has 0 bridgehead atoms. The molecule has 134 valence electrons. The summed E-state index contributed by atoms with van der Waals surface area (Å²) >= 11 is 6.02. The number of amides is 1. The monoisotopic (exact) mass is 380 g/mol. The van der Waals surface area contributed by atoms with Crippen LogP contribution in [-0.4, -0.2) is 27.1 Å². The normalized spacial score (nSPS) is 11.2. The second kappa shape index (κ2) is 8.36. The van der Waals surface area contributed by atoms with Gasteiger partial charge in [0.25, 0.3) is 0 Å². The minimum Gasteiger partial charge on any atom is -0.325 e. The Hall–Kier alpha value is -2.05. The number of nitrogens with one attached hydrogen (secondary N) is 1. The van der Waals surface area contributed by atoms with Gasteiger partial charge in [-0.05, 0) is 30.2 Å². The van der Waals surface area contributed by atoms with Crippen LogP contribution in [0.25, 0.3) is 0 Å². The molecule has 0 aliphatic heterocycles. The molecule has 1 N–H and O–H groups in total.